The smallest absolute Gasteiger partial charge is 0.255 e. The molecule has 6 nitrogen and oxygen atoms in total. The van der Waals surface area contributed by atoms with Crippen LogP contribution < -0.4 is 0 Å². The zero-order valence-electron chi connectivity index (χ0n) is 14.3. The first-order chi connectivity index (χ1) is 13.1. The summed E-state index contributed by atoms with van der Waals surface area (Å²) >= 11 is 0. The average Bonchev–Trinajstić information content (AvgIpc) is 3.18. The van der Waals surface area contributed by atoms with Gasteiger partial charge < -0.3 is 9.64 Å². The van der Waals surface area contributed by atoms with Crippen molar-refractivity contribution in [2.45, 2.75) is 0 Å². The number of carbonyl (C=O) groups excluding carboxylic acids is 1. The van der Waals surface area contributed by atoms with Gasteiger partial charge in [-0.25, -0.2) is 13.5 Å². The summed E-state index contributed by atoms with van der Waals surface area (Å²) < 4.78 is 33.5. The molecule has 3 aromatic rings. The molecule has 1 saturated heterocycles. The fourth-order valence-electron chi connectivity index (χ4n) is 2.89. The van der Waals surface area contributed by atoms with Crippen LogP contribution in [-0.2, 0) is 4.74 Å². The van der Waals surface area contributed by atoms with Gasteiger partial charge in [-0.1, -0.05) is 0 Å². The maximum atomic E-state index is 13.9. The molecule has 1 fully saturated rings. The molecule has 1 aliphatic heterocycles. The Hall–Kier alpha value is -3.13. The van der Waals surface area contributed by atoms with E-state index in [1.807, 2.05) is 0 Å². The van der Waals surface area contributed by atoms with E-state index in [1.54, 1.807) is 23.2 Å². The van der Waals surface area contributed by atoms with Crippen molar-refractivity contribution in [3.63, 3.8) is 0 Å². The lowest BCUT2D eigenvalue weighted by Crippen LogP contribution is -2.40. The van der Waals surface area contributed by atoms with Crippen LogP contribution in [0.4, 0.5) is 8.78 Å². The van der Waals surface area contributed by atoms with Crippen LogP contribution >= 0.6 is 0 Å². The second-order valence-electron chi connectivity index (χ2n) is 6.11. The summed E-state index contributed by atoms with van der Waals surface area (Å²) in [5, 5.41) is 4.11. The Labute approximate surface area is 154 Å². The van der Waals surface area contributed by atoms with Gasteiger partial charge in [0.2, 0.25) is 0 Å². The summed E-state index contributed by atoms with van der Waals surface area (Å²) in [4.78, 5) is 18.5. The van der Waals surface area contributed by atoms with Crippen LogP contribution in [0.3, 0.4) is 0 Å². The number of benzene rings is 1. The van der Waals surface area contributed by atoms with Crippen molar-refractivity contribution < 1.29 is 18.3 Å². The fraction of sp³-hybridized carbons (Fsp3) is 0.211. The van der Waals surface area contributed by atoms with Crippen molar-refractivity contribution in [3.05, 3.63) is 66.1 Å². The minimum absolute atomic E-state index is 0.0820. The first kappa shape index (κ1) is 17.3. The van der Waals surface area contributed by atoms with Crippen molar-refractivity contribution in [1.29, 1.82) is 0 Å². The molecule has 0 atom stereocenters. The molecule has 138 valence electrons. The van der Waals surface area contributed by atoms with Crippen LogP contribution in [0.5, 0.6) is 0 Å². The lowest BCUT2D eigenvalue weighted by molar-refractivity contribution is 0.0302. The van der Waals surface area contributed by atoms with E-state index in [-0.39, 0.29) is 11.6 Å². The Morgan fingerprint density at radius 2 is 1.89 bits per heavy atom. The number of carbonyl (C=O) groups is 1. The molecule has 0 spiro atoms. The molecule has 0 N–H and O–H groups in total. The first-order valence-corrected chi connectivity index (χ1v) is 8.45. The standard InChI is InChI=1S/C19H16F2N4O2/c20-15-2-4-18(16(21)9-15)25-12-14(11-23-25)17-3-1-13(10-22-17)19(26)24-5-7-27-8-6-24/h1-4,9-12H,5-8H2. The monoisotopic (exact) mass is 370 g/mol. The molecule has 1 aromatic carbocycles. The van der Waals surface area contributed by atoms with Crippen LogP contribution in [-0.4, -0.2) is 51.9 Å². The molecule has 8 heteroatoms. The number of aromatic nitrogens is 3. The van der Waals surface area contributed by atoms with Crippen LogP contribution in [0.1, 0.15) is 10.4 Å². The van der Waals surface area contributed by atoms with Crippen LogP contribution in [0.2, 0.25) is 0 Å². The molecule has 0 radical (unpaired) electrons. The van der Waals surface area contributed by atoms with Gasteiger partial charge in [-0.05, 0) is 24.3 Å². The molecule has 4 rings (SSSR count). The van der Waals surface area contributed by atoms with Gasteiger partial charge >= 0.3 is 0 Å². The minimum Gasteiger partial charge on any atom is -0.378 e. The SMILES string of the molecule is O=C(c1ccc(-c2cnn(-c3ccc(F)cc3F)c2)nc1)N1CCOCC1. The quantitative estimate of drug-likeness (QED) is 0.711. The third kappa shape index (κ3) is 3.56. The van der Waals surface area contributed by atoms with Gasteiger partial charge in [0.1, 0.15) is 11.5 Å². The molecule has 1 amide bonds. The van der Waals surface area contributed by atoms with Gasteiger partial charge in [0.05, 0.1) is 30.7 Å². The molecular weight excluding hydrogens is 354 g/mol. The zero-order chi connectivity index (χ0) is 18.8. The Morgan fingerprint density at radius 3 is 2.59 bits per heavy atom. The molecule has 0 bridgehead atoms. The highest BCUT2D eigenvalue weighted by atomic mass is 19.1. The Bertz CT molecular complexity index is 966. The van der Waals surface area contributed by atoms with Gasteiger partial charge in [0.15, 0.2) is 5.82 Å². The second-order valence-corrected chi connectivity index (χ2v) is 6.11. The topological polar surface area (TPSA) is 60.2 Å². The fourth-order valence-corrected chi connectivity index (χ4v) is 2.89. The molecule has 3 heterocycles. The third-order valence-electron chi connectivity index (χ3n) is 4.34. The lowest BCUT2D eigenvalue weighted by atomic mass is 10.2. The Balaban J connectivity index is 1.54. The number of rotatable bonds is 3. The number of amides is 1. The van der Waals surface area contributed by atoms with Gasteiger partial charge in [-0.3, -0.25) is 9.78 Å². The number of morpholine rings is 1. The molecule has 0 aliphatic carbocycles. The Kier molecular flexibility index (Phi) is 4.64. The van der Waals surface area contributed by atoms with E-state index in [9.17, 15) is 13.6 Å². The van der Waals surface area contributed by atoms with Crippen LogP contribution in [0, 0.1) is 11.6 Å². The van der Waals surface area contributed by atoms with E-state index in [0.717, 1.165) is 6.07 Å². The van der Waals surface area contributed by atoms with Gasteiger partial charge in [0, 0.05) is 37.1 Å². The Morgan fingerprint density at radius 1 is 1.07 bits per heavy atom. The van der Waals surface area contributed by atoms with Gasteiger partial charge in [-0.15, -0.1) is 0 Å². The van der Waals surface area contributed by atoms with Crippen LogP contribution in [0.25, 0.3) is 16.9 Å². The molecule has 0 unspecified atom stereocenters. The highest BCUT2D eigenvalue weighted by molar-refractivity contribution is 5.94. The molecule has 27 heavy (non-hydrogen) atoms. The van der Waals surface area contributed by atoms with Crippen molar-refractivity contribution in [3.8, 4) is 16.9 Å². The number of hydrogen-bond acceptors (Lipinski definition) is 4. The molecule has 2 aromatic heterocycles. The summed E-state index contributed by atoms with van der Waals surface area (Å²) in [6, 6.07) is 6.72. The van der Waals surface area contributed by atoms with Crippen molar-refractivity contribution in [1.82, 2.24) is 19.7 Å². The predicted molar refractivity (Wildman–Crippen MR) is 93.4 cm³/mol. The van der Waals surface area contributed by atoms with E-state index in [0.29, 0.717) is 43.1 Å². The van der Waals surface area contributed by atoms with Crippen molar-refractivity contribution >= 4 is 5.91 Å². The van der Waals surface area contributed by atoms with E-state index >= 15 is 0 Å². The normalized spacial score (nSPS) is 14.4. The minimum atomic E-state index is -0.705. The number of ether oxygens (including phenoxy) is 1. The summed E-state index contributed by atoms with van der Waals surface area (Å²) in [7, 11) is 0. The number of hydrogen-bond donors (Lipinski definition) is 0. The van der Waals surface area contributed by atoms with Gasteiger partial charge in [-0.2, -0.15) is 5.10 Å². The number of nitrogens with zero attached hydrogens (tertiary/aromatic N) is 4. The summed E-state index contributed by atoms with van der Waals surface area (Å²) in [5.74, 6) is -1.43. The van der Waals surface area contributed by atoms with E-state index < -0.39 is 11.6 Å². The van der Waals surface area contributed by atoms with E-state index in [1.165, 1.54) is 29.2 Å². The average molecular weight is 370 g/mol. The van der Waals surface area contributed by atoms with Crippen LogP contribution in [0.15, 0.2) is 48.9 Å². The predicted octanol–water partition coefficient (Wildman–Crippen LogP) is 2.68. The summed E-state index contributed by atoms with van der Waals surface area (Å²) in [6.45, 7) is 2.21. The maximum Gasteiger partial charge on any atom is 0.255 e. The maximum absolute atomic E-state index is 13.9. The zero-order valence-corrected chi connectivity index (χ0v) is 14.3. The third-order valence-corrected chi connectivity index (χ3v) is 4.34. The summed E-state index contributed by atoms with van der Waals surface area (Å²) in [5.41, 5.74) is 1.89. The van der Waals surface area contributed by atoms with E-state index in [4.69, 9.17) is 4.74 Å². The highest BCUT2D eigenvalue weighted by Crippen LogP contribution is 2.20. The van der Waals surface area contributed by atoms with Gasteiger partial charge in [0.25, 0.3) is 5.91 Å². The molecule has 1 aliphatic rings. The highest BCUT2D eigenvalue weighted by Gasteiger charge is 2.19. The first-order valence-electron chi connectivity index (χ1n) is 8.45. The molecular formula is C19H16F2N4O2. The van der Waals surface area contributed by atoms with Crippen molar-refractivity contribution in [2.75, 3.05) is 26.3 Å². The summed E-state index contributed by atoms with van der Waals surface area (Å²) in [6.07, 6.45) is 4.65. The molecule has 0 saturated carbocycles. The van der Waals surface area contributed by atoms with E-state index in [2.05, 4.69) is 10.1 Å². The largest absolute Gasteiger partial charge is 0.378 e. The number of halogens is 2. The number of pyridine rings is 1. The van der Waals surface area contributed by atoms with Crippen molar-refractivity contribution in [2.24, 2.45) is 0 Å². The lowest BCUT2D eigenvalue weighted by Gasteiger charge is -2.26. The second kappa shape index (κ2) is 7.24.